The van der Waals surface area contributed by atoms with Gasteiger partial charge in [0, 0.05) is 29.1 Å². The molecule has 0 saturated heterocycles. The SMILES string of the molecule is CC(C)(C)NC(=O)N(Cc1ccccc1)C[C@H]1CC(c2ccccc2Cl)=NO1. The average molecular weight is 400 g/mol. The maximum absolute atomic E-state index is 12.9. The van der Waals surface area contributed by atoms with Crippen LogP contribution in [0.15, 0.2) is 59.8 Å². The number of hydrogen-bond donors (Lipinski definition) is 1. The third-order valence-corrected chi connectivity index (χ3v) is 4.66. The van der Waals surface area contributed by atoms with Crippen molar-refractivity contribution in [2.45, 2.75) is 45.4 Å². The fourth-order valence-corrected chi connectivity index (χ4v) is 3.29. The first kappa shape index (κ1) is 20.2. The Kier molecular flexibility index (Phi) is 6.25. The molecule has 3 rings (SSSR count). The van der Waals surface area contributed by atoms with Crippen molar-refractivity contribution < 1.29 is 9.63 Å². The minimum absolute atomic E-state index is 0.119. The number of benzene rings is 2. The van der Waals surface area contributed by atoms with Gasteiger partial charge in [-0.05, 0) is 32.4 Å². The Morgan fingerprint density at radius 3 is 2.54 bits per heavy atom. The summed E-state index contributed by atoms with van der Waals surface area (Å²) in [7, 11) is 0. The summed E-state index contributed by atoms with van der Waals surface area (Å²) in [4.78, 5) is 20.3. The second-order valence-electron chi connectivity index (χ2n) is 8.00. The van der Waals surface area contributed by atoms with Crippen molar-refractivity contribution in [1.29, 1.82) is 0 Å². The lowest BCUT2D eigenvalue weighted by Gasteiger charge is -2.29. The summed E-state index contributed by atoms with van der Waals surface area (Å²) in [5.41, 5.74) is 2.44. The number of oxime groups is 1. The molecule has 0 saturated carbocycles. The molecule has 2 amide bonds. The van der Waals surface area contributed by atoms with Crippen LogP contribution in [-0.2, 0) is 11.4 Å². The van der Waals surface area contributed by atoms with E-state index >= 15 is 0 Å². The number of halogens is 1. The zero-order valence-electron chi connectivity index (χ0n) is 16.5. The molecule has 0 unspecified atom stereocenters. The van der Waals surface area contributed by atoms with Crippen LogP contribution in [0.25, 0.3) is 0 Å². The van der Waals surface area contributed by atoms with Crippen LogP contribution >= 0.6 is 11.6 Å². The first-order valence-corrected chi connectivity index (χ1v) is 9.78. The number of hydrogen-bond acceptors (Lipinski definition) is 3. The summed E-state index contributed by atoms with van der Waals surface area (Å²) in [6.45, 7) is 6.85. The van der Waals surface area contributed by atoms with Crippen molar-refractivity contribution in [2.75, 3.05) is 6.54 Å². The maximum atomic E-state index is 12.9. The van der Waals surface area contributed by atoms with Crippen LogP contribution < -0.4 is 5.32 Å². The van der Waals surface area contributed by atoms with Gasteiger partial charge in [0.15, 0.2) is 6.10 Å². The van der Waals surface area contributed by atoms with Gasteiger partial charge in [0.05, 0.1) is 12.3 Å². The van der Waals surface area contributed by atoms with E-state index in [1.165, 1.54) is 0 Å². The fraction of sp³-hybridized carbons (Fsp3) is 0.364. The van der Waals surface area contributed by atoms with E-state index < -0.39 is 0 Å². The van der Waals surface area contributed by atoms with Crippen molar-refractivity contribution >= 4 is 23.3 Å². The molecule has 2 aromatic rings. The number of urea groups is 1. The lowest BCUT2D eigenvalue weighted by Crippen LogP contribution is -2.50. The van der Waals surface area contributed by atoms with Crippen LogP contribution in [0.2, 0.25) is 5.02 Å². The molecule has 28 heavy (non-hydrogen) atoms. The van der Waals surface area contributed by atoms with Crippen molar-refractivity contribution in [2.24, 2.45) is 5.16 Å². The zero-order valence-corrected chi connectivity index (χ0v) is 17.2. The van der Waals surface area contributed by atoms with E-state index in [2.05, 4.69) is 10.5 Å². The average Bonchev–Trinajstić information content (AvgIpc) is 3.09. The van der Waals surface area contributed by atoms with Crippen LogP contribution in [-0.4, -0.2) is 34.8 Å². The van der Waals surface area contributed by atoms with E-state index in [9.17, 15) is 4.79 Å². The minimum atomic E-state index is -0.318. The Balaban J connectivity index is 1.69. The number of carbonyl (C=O) groups is 1. The molecule has 0 aliphatic carbocycles. The van der Waals surface area contributed by atoms with Gasteiger partial charge >= 0.3 is 6.03 Å². The van der Waals surface area contributed by atoms with Gasteiger partial charge in [-0.1, -0.05) is 65.3 Å². The molecule has 6 heteroatoms. The van der Waals surface area contributed by atoms with Crippen LogP contribution in [0.3, 0.4) is 0 Å². The van der Waals surface area contributed by atoms with Crippen molar-refractivity contribution in [3.05, 3.63) is 70.7 Å². The van der Waals surface area contributed by atoms with Gasteiger partial charge in [-0.15, -0.1) is 0 Å². The standard InChI is InChI=1S/C22H26ClN3O2/c1-22(2,3)24-21(27)26(14-16-9-5-4-6-10-16)15-17-13-20(25-28-17)18-11-7-8-12-19(18)23/h4-12,17H,13-15H2,1-3H3,(H,24,27)/t17-/m1/s1. The molecule has 1 aliphatic heterocycles. The molecule has 0 radical (unpaired) electrons. The Labute approximate surface area is 171 Å². The summed E-state index contributed by atoms with van der Waals surface area (Å²) in [6, 6.07) is 17.4. The van der Waals surface area contributed by atoms with Gasteiger partial charge in [0.25, 0.3) is 0 Å². The van der Waals surface area contributed by atoms with Crippen molar-refractivity contribution in [3.63, 3.8) is 0 Å². The van der Waals surface area contributed by atoms with Gasteiger partial charge in [0.2, 0.25) is 0 Å². The smallest absolute Gasteiger partial charge is 0.318 e. The maximum Gasteiger partial charge on any atom is 0.318 e. The molecule has 5 nitrogen and oxygen atoms in total. The molecule has 1 aliphatic rings. The van der Waals surface area contributed by atoms with E-state index in [1.54, 1.807) is 4.90 Å². The molecule has 0 spiro atoms. The Bertz CT molecular complexity index is 846. The van der Waals surface area contributed by atoms with Gasteiger partial charge in [-0.25, -0.2) is 4.79 Å². The summed E-state index contributed by atoms with van der Waals surface area (Å²) in [5, 5.41) is 7.90. The van der Waals surface area contributed by atoms with Crippen molar-refractivity contribution in [3.8, 4) is 0 Å². The molecule has 1 heterocycles. The Hall–Kier alpha value is -2.53. The van der Waals surface area contributed by atoms with Crippen LogP contribution in [0.5, 0.6) is 0 Å². The van der Waals surface area contributed by atoms with Crippen LogP contribution in [0, 0.1) is 0 Å². The highest BCUT2D eigenvalue weighted by molar-refractivity contribution is 6.34. The van der Waals surface area contributed by atoms with E-state index in [-0.39, 0.29) is 17.7 Å². The fourth-order valence-electron chi connectivity index (χ4n) is 3.05. The highest BCUT2D eigenvalue weighted by Crippen LogP contribution is 2.23. The second kappa shape index (κ2) is 8.65. The lowest BCUT2D eigenvalue weighted by atomic mass is 10.0. The molecule has 0 bridgehead atoms. The van der Waals surface area contributed by atoms with E-state index in [0.29, 0.717) is 24.5 Å². The van der Waals surface area contributed by atoms with Crippen LogP contribution in [0.4, 0.5) is 4.79 Å². The minimum Gasteiger partial charge on any atom is -0.390 e. The summed E-state index contributed by atoms with van der Waals surface area (Å²) in [6.07, 6.45) is 0.401. The first-order chi connectivity index (χ1) is 13.3. The highest BCUT2D eigenvalue weighted by Gasteiger charge is 2.28. The second-order valence-corrected chi connectivity index (χ2v) is 8.40. The molecular weight excluding hydrogens is 374 g/mol. The summed E-state index contributed by atoms with van der Waals surface area (Å²) < 4.78 is 0. The molecule has 148 valence electrons. The van der Waals surface area contributed by atoms with Crippen molar-refractivity contribution in [1.82, 2.24) is 10.2 Å². The molecule has 1 N–H and O–H groups in total. The topological polar surface area (TPSA) is 53.9 Å². The summed E-state index contributed by atoms with van der Waals surface area (Å²) >= 11 is 6.28. The van der Waals surface area contributed by atoms with Gasteiger partial charge in [-0.3, -0.25) is 0 Å². The van der Waals surface area contributed by atoms with E-state index in [1.807, 2.05) is 75.4 Å². The highest BCUT2D eigenvalue weighted by atomic mass is 35.5. The predicted octanol–water partition coefficient (Wildman–Crippen LogP) is 4.84. The van der Waals surface area contributed by atoms with Gasteiger partial charge < -0.3 is 15.1 Å². The number of nitrogens with one attached hydrogen (secondary N) is 1. The number of carbonyl (C=O) groups excluding carboxylic acids is 1. The number of nitrogens with zero attached hydrogens (tertiary/aromatic N) is 2. The number of rotatable bonds is 5. The normalized spacial score (nSPS) is 16.3. The summed E-state index contributed by atoms with van der Waals surface area (Å²) in [5.74, 6) is 0. The third kappa shape index (κ3) is 5.49. The van der Waals surface area contributed by atoms with E-state index in [4.69, 9.17) is 16.4 Å². The quantitative estimate of drug-likeness (QED) is 0.781. The molecule has 2 aromatic carbocycles. The Morgan fingerprint density at radius 1 is 1.18 bits per heavy atom. The molecular formula is C22H26ClN3O2. The largest absolute Gasteiger partial charge is 0.390 e. The molecule has 1 atom stereocenters. The van der Waals surface area contributed by atoms with Crippen LogP contribution in [0.1, 0.15) is 38.3 Å². The lowest BCUT2D eigenvalue weighted by molar-refractivity contribution is 0.0580. The van der Waals surface area contributed by atoms with Gasteiger partial charge in [0.1, 0.15) is 0 Å². The van der Waals surface area contributed by atoms with E-state index in [0.717, 1.165) is 16.8 Å². The Morgan fingerprint density at radius 2 is 1.86 bits per heavy atom. The number of amides is 2. The molecule has 0 fully saturated rings. The molecule has 0 aromatic heterocycles. The third-order valence-electron chi connectivity index (χ3n) is 4.33. The van der Waals surface area contributed by atoms with Gasteiger partial charge in [-0.2, -0.15) is 0 Å². The monoisotopic (exact) mass is 399 g/mol. The first-order valence-electron chi connectivity index (χ1n) is 9.40. The zero-order chi connectivity index (χ0) is 20.1. The predicted molar refractivity (Wildman–Crippen MR) is 113 cm³/mol.